The van der Waals surface area contributed by atoms with Crippen LogP contribution in [0, 0.1) is 6.92 Å². The molecule has 1 saturated heterocycles. The summed E-state index contributed by atoms with van der Waals surface area (Å²) in [4.78, 5) is 35.7. The molecule has 1 aromatic heterocycles. The van der Waals surface area contributed by atoms with E-state index in [4.69, 9.17) is 9.26 Å². The van der Waals surface area contributed by atoms with E-state index >= 15 is 0 Å². The van der Waals surface area contributed by atoms with Gasteiger partial charge in [-0.2, -0.15) is 13.8 Å². The topological polar surface area (TPSA) is 101 Å². The largest absolute Gasteiger partial charge is 0.451 e. The van der Waals surface area contributed by atoms with Gasteiger partial charge < -0.3 is 23.8 Å². The molecule has 0 spiro atoms. The number of fused-ring (bicyclic) bond motifs is 1. The molecule has 2 aromatic carbocycles. The molecular weight excluding hydrogens is 663 g/mol. The van der Waals surface area contributed by atoms with Crippen LogP contribution in [0.3, 0.4) is 0 Å². The lowest BCUT2D eigenvalue weighted by atomic mass is 10.0. The molecule has 10 nitrogen and oxygen atoms in total. The van der Waals surface area contributed by atoms with Crippen LogP contribution in [0.4, 0.5) is 13.6 Å². The Kier molecular flexibility index (Phi) is 8.43. The molecule has 0 unspecified atom stereocenters. The van der Waals surface area contributed by atoms with Gasteiger partial charge in [0.15, 0.2) is 5.82 Å². The monoisotopic (exact) mass is 695 g/mol. The molecule has 0 atom stereocenters. The number of piperazine rings is 1. The van der Waals surface area contributed by atoms with E-state index in [1.807, 2.05) is 39.8 Å². The second-order valence-electron chi connectivity index (χ2n) is 11.4. The number of hydrogen-bond donors (Lipinski definition) is 0. The van der Waals surface area contributed by atoms with Crippen molar-refractivity contribution in [3.8, 4) is 17.2 Å². The number of halogens is 3. The smallest absolute Gasteiger partial charge is 0.444 e. The summed E-state index contributed by atoms with van der Waals surface area (Å²) in [7, 11) is 0. The van der Waals surface area contributed by atoms with Crippen LogP contribution in [0.1, 0.15) is 53.6 Å². The highest BCUT2D eigenvalue weighted by Gasteiger charge is 2.31. The third-order valence-corrected chi connectivity index (χ3v) is 7.13. The minimum atomic E-state index is -3.29. The van der Waals surface area contributed by atoms with Crippen LogP contribution in [-0.2, 0) is 24.4 Å². The van der Waals surface area contributed by atoms with Crippen molar-refractivity contribution in [2.24, 2.45) is 0 Å². The number of hydrogen-bond acceptors (Lipinski definition) is 8. The highest BCUT2D eigenvalue weighted by Crippen LogP contribution is 2.33. The van der Waals surface area contributed by atoms with Gasteiger partial charge in [0, 0.05) is 50.4 Å². The van der Waals surface area contributed by atoms with E-state index < -0.39 is 9.72 Å². The Labute approximate surface area is 256 Å². The SMILES string of the molecule is Cc1cc(-c2nc(CN3CCN(C(=O)OC(C)(C)C)CC3)no2)cc2c1C(=O)N(Cc1ccc(OC(F)(F)I)cc1)C2. The second kappa shape index (κ2) is 11.7. The Morgan fingerprint density at radius 1 is 1.07 bits per heavy atom. The fourth-order valence-electron chi connectivity index (χ4n) is 5.05. The minimum absolute atomic E-state index is 0.0525. The Hall–Kier alpha value is -3.33. The van der Waals surface area contributed by atoms with Gasteiger partial charge in [-0.25, -0.2) is 4.79 Å². The summed E-state index contributed by atoms with van der Waals surface area (Å²) in [5, 5.41) is 4.16. The van der Waals surface area contributed by atoms with Gasteiger partial charge in [0.05, 0.1) is 29.1 Å². The number of aryl methyl sites for hydroxylation is 1. The van der Waals surface area contributed by atoms with Gasteiger partial charge in [-0.3, -0.25) is 9.69 Å². The van der Waals surface area contributed by atoms with Gasteiger partial charge >= 0.3 is 10.2 Å². The van der Waals surface area contributed by atoms with Crippen molar-refractivity contribution in [2.75, 3.05) is 26.2 Å². The Bertz CT molecular complexity index is 1460. The zero-order valence-electron chi connectivity index (χ0n) is 23.8. The molecule has 3 heterocycles. The number of carbonyl (C=O) groups excluding carboxylic acids is 2. The number of nitrogens with zero attached hydrogens (tertiary/aromatic N) is 5. The normalized spacial score (nSPS) is 16.1. The molecule has 3 aromatic rings. The van der Waals surface area contributed by atoms with E-state index in [0.29, 0.717) is 63.1 Å². The van der Waals surface area contributed by atoms with E-state index in [1.165, 1.54) is 12.1 Å². The summed E-state index contributed by atoms with van der Waals surface area (Å²) < 4.78 is 38.5. The molecule has 0 aliphatic carbocycles. The summed E-state index contributed by atoms with van der Waals surface area (Å²) in [6, 6.07) is 10.0. The van der Waals surface area contributed by atoms with Crippen molar-refractivity contribution < 1.29 is 32.4 Å². The Morgan fingerprint density at radius 2 is 1.76 bits per heavy atom. The minimum Gasteiger partial charge on any atom is -0.444 e. The van der Waals surface area contributed by atoms with Crippen LogP contribution in [0.5, 0.6) is 5.75 Å². The van der Waals surface area contributed by atoms with Crippen LogP contribution < -0.4 is 4.74 Å². The standard InChI is InChI=1S/C29H32F2IN5O5/c1-18-13-20(25-33-23(34-42-25)17-35-9-11-36(12-10-35)27(39)41-28(2,3)4)14-21-16-37(26(38)24(18)21)15-19-5-7-22(8-6-19)40-29(30,31)32/h5-8,13-14H,9-12,15-17H2,1-4H3. The lowest BCUT2D eigenvalue weighted by Gasteiger charge is -2.35. The van der Waals surface area contributed by atoms with Gasteiger partial charge in [0.2, 0.25) is 0 Å². The first kappa shape index (κ1) is 30.1. The van der Waals surface area contributed by atoms with Crippen LogP contribution in [0.25, 0.3) is 11.5 Å². The van der Waals surface area contributed by atoms with Crippen molar-refractivity contribution in [2.45, 2.75) is 57.0 Å². The molecule has 2 aliphatic rings. The van der Waals surface area contributed by atoms with Gasteiger partial charge in [0.1, 0.15) is 11.4 Å². The fourth-order valence-corrected chi connectivity index (χ4v) is 5.30. The zero-order valence-corrected chi connectivity index (χ0v) is 26.0. The second-order valence-corrected chi connectivity index (χ2v) is 12.7. The average molecular weight is 696 g/mol. The molecule has 1 fully saturated rings. The number of benzene rings is 2. The molecule has 2 amide bonds. The third kappa shape index (κ3) is 7.35. The molecule has 5 rings (SSSR count). The van der Waals surface area contributed by atoms with Crippen LogP contribution in [0.2, 0.25) is 0 Å². The number of carbonyl (C=O) groups is 2. The van der Waals surface area contributed by atoms with Gasteiger partial charge in [-0.15, -0.1) is 0 Å². The van der Waals surface area contributed by atoms with Crippen LogP contribution in [0.15, 0.2) is 40.9 Å². The van der Waals surface area contributed by atoms with E-state index in [9.17, 15) is 18.4 Å². The molecule has 0 N–H and O–H groups in total. The quantitative estimate of drug-likeness (QED) is 0.232. The predicted octanol–water partition coefficient (Wildman–Crippen LogP) is 5.62. The Morgan fingerprint density at radius 3 is 2.40 bits per heavy atom. The van der Waals surface area contributed by atoms with E-state index in [1.54, 1.807) is 21.9 Å². The van der Waals surface area contributed by atoms with Gasteiger partial charge in [-0.05, 0) is 68.7 Å². The fraction of sp³-hybridized carbons (Fsp3) is 0.448. The number of rotatable bonds is 7. The van der Waals surface area contributed by atoms with Crippen molar-refractivity contribution in [1.29, 1.82) is 0 Å². The first-order valence-electron chi connectivity index (χ1n) is 13.5. The third-order valence-electron chi connectivity index (χ3n) is 6.91. The van der Waals surface area contributed by atoms with Gasteiger partial charge in [0.25, 0.3) is 11.8 Å². The zero-order chi connectivity index (χ0) is 30.2. The predicted molar refractivity (Wildman–Crippen MR) is 157 cm³/mol. The summed E-state index contributed by atoms with van der Waals surface area (Å²) >= 11 is 0.920. The maximum atomic E-state index is 13.2. The molecule has 224 valence electrons. The molecule has 13 heteroatoms. The van der Waals surface area contributed by atoms with Crippen molar-refractivity contribution in [1.82, 2.24) is 24.8 Å². The molecule has 2 aliphatic heterocycles. The first-order valence-corrected chi connectivity index (χ1v) is 14.6. The Balaban J connectivity index is 1.20. The van der Waals surface area contributed by atoms with E-state index in [-0.39, 0.29) is 17.7 Å². The highest BCUT2D eigenvalue weighted by molar-refractivity contribution is 14.1. The summed E-state index contributed by atoms with van der Waals surface area (Å²) in [5.74, 6) is 0.873. The summed E-state index contributed by atoms with van der Waals surface area (Å²) in [6.07, 6.45) is -0.306. The number of amides is 2. The van der Waals surface area contributed by atoms with E-state index in [2.05, 4.69) is 19.8 Å². The number of aromatic nitrogens is 2. The first-order chi connectivity index (χ1) is 19.7. The van der Waals surface area contributed by atoms with Crippen molar-refractivity contribution in [3.63, 3.8) is 0 Å². The molecule has 0 saturated carbocycles. The van der Waals surface area contributed by atoms with E-state index in [0.717, 1.165) is 44.8 Å². The number of alkyl halides is 3. The highest BCUT2D eigenvalue weighted by atomic mass is 127. The maximum absolute atomic E-state index is 13.2. The molecule has 42 heavy (non-hydrogen) atoms. The number of ether oxygens (including phenoxy) is 2. The van der Waals surface area contributed by atoms with Gasteiger partial charge in [-0.1, -0.05) is 17.3 Å². The maximum Gasteiger partial charge on any atom is 0.451 e. The lowest BCUT2D eigenvalue weighted by Crippen LogP contribution is -2.49. The van der Waals surface area contributed by atoms with Crippen LogP contribution in [-0.4, -0.2) is 72.7 Å². The summed E-state index contributed by atoms with van der Waals surface area (Å²) in [5.41, 5.74) is 3.31. The average Bonchev–Trinajstić information content (AvgIpc) is 3.48. The molecular formula is C29H32F2IN5O5. The van der Waals surface area contributed by atoms with Crippen LogP contribution >= 0.6 is 22.6 Å². The van der Waals surface area contributed by atoms with Crippen molar-refractivity contribution >= 4 is 34.6 Å². The summed E-state index contributed by atoms with van der Waals surface area (Å²) in [6.45, 7) is 11.1. The molecule has 0 bridgehead atoms. The lowest BCUT2D eigenvalue weighted by molar-refractivity contribution is -0.0691. The molecule has 0 radical (unpaired) electrons. The van der Waals surface area contributed by atoms with Crippen molar-refractivity contribution in [3.05, 3.63) is 64.5 Å².